The number of amides is 2. The number of carbonyl (C=O) groups excluding carboxylic acids is 1. The van der Waals surface area contributed by atoms with Crippen molar-refractivity contribution in [2.75, 3.05) is 13.1 Å². The Morgan fingerprint density at radius 1 is 1.22 bits per heavy atom. The van der Waals surface area contributed by atoms with E-state index in [-0.39, 0.29) is 17.9 Å². The summed E-state index contributed by atoms with van der Waals surface area (Å²) in [4.78, 5) is 13.8. The zero-order valence-corrected chi connectivity index (χ0v) is 10.7. The summed E-state index contributed by atoms with van der Waals surface area (Å²) < 4.78 is 12.8. The highest BCUT2D eigenvalue weighted by molar-refractivity contribution is 5.74. The molecule has 1 saturated heterocycles. The normalized spacial score (nSPS) is 17.3. The second-order valence-electron chi connectivity index (χ2n) is 4.77. The molecule has 1 atom stereocenters. The van der Waals surface area contributed by atoms with Gasteiger partial charge in [-0.3, -0.25) is 0 Å². The van der Waals surface area contributed by atoms with E-state index < -0.39 is 0 Å². The van der Waals surface area contributed by atoms with Crippen molar-refractivity contribution in [1.29, 1.82) is 0 Å². The Morgan fingerprint density at radius 2 is 1.83 bits per heavy atom. The number of nitrogens with one attached hydrogen (secondary N) is 1. The Balaban J connectivity index is 1.91. The van der Waals surface area contributed by atoms with Gasteiger partial charge in [0.1, 0.15) is 5.82 Å². The number of carbonyl (C=O) groups is 1. The average Bonchev–Trinajstić information content (AvgIpc) is 2.40. The topological polar surface area (TPSA) is 32.3 Å². The molecule has 1 heterocycles. The van der Waals surface area contributed by atoms with Crippen LogP contribution in [0.3, 0.4) is 0 Å². The highest BCUT2D eigenvalue weighted by atomic mass is 19.1. The van der Waals surface area contributed by atoms with Gasteiger partial charge in [-0.15, -0.1) is 0 Å². The van der Waals surface area contributed by atoms with Gasteiger partial charge >= 0.3 is 6.03 Å². The van der Waals surface area contributed by atoms with Gasteiger partial charge in [0.05, 0.1) is 6.04 Å². The number of benzene rings is 1. The molecule has 0 aliphatic carbocycles. The van der Waals surface area contributed by atoms with Crippen molar-refractivity contribution < 1.29 is 9.18 Å². The van der Waals surface area contributed by atoms with E-state index in [4.69, 9.17) is 0 Å². The Hall–Kier alpha value is -1.58. The van der Waals surface area contributed by atoms with Gasteiger partial charge in [0.15, 0.2) is 0 Å². The molecular weight excluding hydrogens is 231 g/mol. The van der Waals surface area contributed by atoms with Crippen molar-refractivity contribution >= 4 is 6.03 Å². The zero-order chi connectivity index (χ0) is 13.0. The monoisotopic (exact) mass is 250 g/mol. The Bertz CT molecular complexity index is 399. The van der Waals surface area contributed by atoms with Crippen LogP contribution in [0.4, 0.5) is 9.18 Å². The van der Waals surface area contributed by atoms with Gasteiger partial charge in [0.2, 0.25) is 0 Å². The van der Waals surface area contributed by atoms with E-state index in [1.54, 1.807) is 12.1 Å². The minimum Gasteiger partial charge on any atom is -0.331 e. The van der Waals surface area contributed by atoms with Gasteiger partial charge in [0, 0.05) is 13.1 Å². The number of rotatable bonds is 2. The van der Waals surface area contributed by atoms with Gasteiger partial charge in [-0.05, 0) is 43.9 Å². The van der Waals surface area contributed by atoms with E-state index in [1.165, 1.54) is 18.6 Å². The summed E-state index contributed by atoms with van der Waals surface area (Å²) in [7, 11) is 0. The van der Waals surface area contributed by atoms with E-state index in [9.17, 15) is 9.18 Å². The van der Waals surface area contributed by atoms with Crippen molar-refractivity contribution in [3.8, 4) is 0 Å². The molecule has 0 radical (unpaired) electrons. The molecule has 18 heavy (non-hydrogen) atoms. The number of urea groups is 1. The molecule has 0 spiro atoms. The number of nitrogens with zero attached hydrogens (tertiary/aromatic N) is 1. The summed E-state index contributed by atoms with van der Waals surface area (Å²) in [5.74, 6) is -0.256. The average molecular weight is 250 g/mol. The fourth-order valence-electron chi connectivity index (χ4n) is 2.21. The molecule has 4 heteroatoms. The van der Waals surface area contributed by atoms with Crippen molar-refractivity contribution in [1.82, 2.24) is 10.2 Å². The maximum absolute atomic E-state index is 12.8. The van der Waals surface area contributed by atoms with Crippen molar-refractivity contribution in [2.45, 2.75) is 32.2 Å². The number of likely N-dealkylation sites (tertiary alicyclic amines) is 1. The summed E-state index contributed by atoms with van der Waals surface area (Å²) in [6.07, 6.45) is 3.37. The summed E-state index contributed by atoms with van der Waals surface area (Å²) in [5, 5.41) is 2.95. The highest BCUT2D eigenvalue weighted by Crippen LogP contribution is 2.14. The molecule has 0 aromatic heterocycles. The summed E-state index contributed by atoms with van der Waals surface area (Å²) in [5.41, 5.74) is 0.918. The molecule has 0 saturated carbocycles. The van der Waals surface area contributed by atoms with Crippen molar-refractivity contribution in [3.63, 3.8) is 0 Å². The van der Waals surface area contributed by atoms with Crippen LogP contribution in [0.2, 0.25) is 0 Å². The summed E-state index contributed by atoms with van der Waals surface area (Å²) in [6.45, 7) is 3.58. The Morgan fingerprint density at radius 3 is 2.44 bits per heavy atom. The van der Waals surface area contributed by atoms with E-state index in [2.05, 4.69) is 5.32 Å². The molecular formula is C14H19FN2O. The van der Waals surface area contributed by atoms with Crippen LogP contribution in [0, 0.1) is 5.82 Å². The van der Waals surface area contributed by atoms with Crippen LogP contribution >= 0.6 is 0 Å². The SMILES string of the molecule is CC(NC(=O)N1CCCCC1)c1ccc(F)cc1. The fraction of sp³-hybridized carbons (Fsp3) is 0.500. The second-order valence-corrected chi connectivity index (χ2v) is 4.77. The van der Waals surface area contributed by atoms with Gasteiger partial charge in [0.25, 0.3) is 0 Å². The molecule has 1 N–H and O–H groups in total. The molecule has 1 aliphatic rings. The maximum atomic E-state index is 12.8. The molecule has 3 nitrogen and oxygen atoms in total. The van der Waals surface area contributed by atoms with Crippen LogP contribution in [0.1, 0.15) is 37.8 Å². The van der Waals surface area contributed by atoms with E-state index in [0.717, 1.165) is 31.5 Å². The van der Waals surface area contributed by atoms with Crippen LogP contribution in [-0.4, -0.2) is 24.0 Å². The Kier molecular flexibility index (Phi) is 4.18. The predicted octanol–water partition coefficient (Wildman–Crippen LogP) is 3.08. The molecule has 2 amide bonds. The van der Waals surface area contributed by atoms with Gasteiger partial charge in [-0.2, -0.15) is 0 Å². The first-order valence-corrected chi connectivity index (χ1v) is 6.48. The van der Waals surface area contributed by atoms with Gasteiger partial charge in [-0.1, -0.05) is 12.1 Å². The lowest BCUT2D eigenvalue weighted by atomic mass is 10.1. The lowest BCUT2D eigenvalue weighted by Gasteiger charge is -2.28. The lowest BCUT2D eigenvalue weighted by Crippen LogP contribution is -2.43. The third-order valence-corrected chi connectivity index (χ3v) is 3.35. The summed E-state index contributed by atoms with van der Waals surface area (Å²) in [6, 6.07) is 6.12. The number of halogens is 1. The van der Waals surface area contributed by atoms with Gasteiger partial charge in [-0.25, -0.2) is 9.18 Å². The third kappa shape index (κ3) is 3.22. The fourth-order valence-corrected chi connectivity index (χ4v) is 2.21. The lowest BCUT2D eigenvalue weighted by molar-refractivity contribution is 0.183. The largest absolute Gasteiger partial charge is 0.331 e. The number of hydrogen-bond acceptors (Lipinski definition) is 1. The third-order valence-electron chi connectivity index (χ3n) is 3.35. The molecule has 1 aromatic rings. The van der Waals surface area contributed by atoms with Gasteiger partial charge < -0.3 is 10.2 Å². The summed E-state index contributed by atoms with van der Waals surface area (Å²) >= 11 is 0. The number of hydrogen-bond donors (Lipinski definition) is 1. The van der Waals surface area contributed by atoms with Crippen molar-refractivity contribution in [2.24, 2.45) is 0 Å². The minimum absolute atomic E-state index is 0.0217. The molecule has 1 unspecified atom stereocenters. The number of piperidine rings is 1. The zero-order valence-electron chi connectivity index (χ0n) is 10.7. The minimum atomic E-state index is -0.256. The highest BCUT2D eigenvalue weighted by Gasteiger charge is 2.18. The predicted molar refractivity (Wildman–Crippen MR) is 68.8 cm³/mol. The van der Waals surface area contributed by atoms with Crippen LogP contribution < -0.4 is 5.32 Å². The van der Waals surface area contributed by atoms with Crippen molar-refractivity contribution in [3.05, 3.63) is 35.6 Å². The van der Waals surface area contributed by atoms with Crippen LogP contribution in [-0.2, 0) is 0 Å². The van der Waals surface area contributed by atoms with Crippen LogP contribution in [0.5, 0.6) is 0 Å². The van der Waals surface area contributed by atoms with Crippen LogP contribution in [0.15, 0.2) is 24.3 Å². The molecule has 0 bridgehead atoms. The second kappa shape index (κ2) is 5.85. The smallest absolute Gasteiger partial charge is 0.317 e. The standard InChI is InChI=1S/C14H19FN2O/c1-11(12-5-7-13(15)8-6-12)16-14(18)17-9-3-2-4-10-17/h5-8,11H,2-4,9-10H2,1H3,(H,16,18). The Labute approximate surface area is 107 Å². The first kappa shape index (κ1) is 12.9. The molecule has 1 fully saturated rings. The first-order valence-electron chi connectivity index (χ1n) is 6.48. The molecule has 98 valence electrons. The molecule has 1 aliphatic heterocycles. The molecule has 1 aromatic carbocycles. The quantitative estimate of drug-likeness (QED) is 0.859. The van der Waals surface area contributed by atoms with Crippen LogP contribution in [0.25, 0.3) is 0 Å². The first-order chi connectivity index (χ1) is 8.66. The van der Waals surface area contributed by atoms with E-state index in [0.29, 0.717) is 0 Å². The van der Waals surface area contributed by atoms with E-state index in [1.807, 2.05) is 11.8 Å². The molecule has 2 rings (SSSR count). The maximum Gasteiger partial charge on any atom is 0.317 e. The van der Waals surface area contributed by atoms with E-state index >= 15 is 0 Å².